The van der Waals surface area contributed by atoms with Crippen molar-refractivity contribution in [3.8, 4) is 5.75 Å². The molecule has 0 saturated heterocycles. The first-order valence-electron chi connectivity index (χ1n) is 5.54. The van der Waals surface area contributed by atoms with Gasteiger partial charge in [-0.3, -0.25) is 0 Å². The van der Waals surface area contributed by atoms with E-state index in [1.54, 1.807) is 6.92 Å². The lowest BCUT2D eigenvalue weighted by atomic mass is 10.1. The number of nitrogen functional groups attached to an aromatic ring is 1. The van der Waals surface area contributed by atoms with Crippen molar-refractivity contribution in [3.05, 3.63) is 59.7 Å². The van der Waals surface area contributed by atoms with Crippen molar-refractivity contribution in [2.24, 2.45) is 0 Å². The van der Waals surface area contributed by atoms with E-state index in [1.807, 2.05) is 30.3 Å². The molecule has 4 heteroatoms. The molecule has 0 amide bonds. The number of hydrogen-bond acceptors (Lipinski definition) is 2. The van der Waals surface area contributed by atoms with Crippen LogP contribution in [0.15, 0.2) is 42.5 Å². The zero-order valence-corrected chi connectivity index (χ0v) is 9.86. The van der Waals surface area contributed by atoms with Crippen LogP contribution in [0.2, 0.25) is 0 Å². The predicted molar refractivity (Wildman–Crippen MR) is 66.3 cm³/mol. The lowest BCUT2D eigenvalue weighted by molar-refractivity contribution is 0.205. The van der Waals surface area contributed by atoms with E-state index in [0.717, 1.165) is 17.7 Å². The molecule has 0 aliphatic heterocycles. The van der Waals surface area contributed by atoms with Crippen LogP contribution >= 0.6 is 0 Å². The van der Waals surface area contributed by atoms with Crippen LogP contribution in [0.1, 0.15) is 18.6 Å². The van der Waals surface area contributed by atoms with E-state index in [-0.39, 0.29) is 5.69 Å². The van der Waals surface area contributed by atoms with Crippen LogP contribution in [0.3, 0.4) is 0 Å². The molecular formula is C14H13F2NO. The maximum Gasteiger partial charge on any atom is 0.191 e. The van der Waals surface area contributed by atoms with Gasteiger partial charge in [-0.25, -0.2) is 8.78 Å². The first kappa shape index (κ1) is 12.4. The Morgan fingerprint density at radius 3 is 2.17 bits per heavy atom. The largest absolute Gasteiger partial charge is 0.480 e. The minimum atomic E-state index is -0.796. The van der Waals surface area contributed by atoms with Crippen LogP contribution < -0.4 is 10.5 Å². The van der Waals surface area contributed by atoms with Gasteiger partial charge in [0.25, 0.3) is 0 Å². The van der Waals surface area contributed by atoms with Crippen LogP contribution in [-0.2, 0) is 0 Å². The van der Waals surface area contributed by atoms with Gasteiger partial charge in [-0.15, -0.1) is 0 Å². The van der Waals surface area contributed by atoms with Crippen molar-refractivity contribution in [2.45, 2.75) is 13.0 Å². The summed E-state index contributed by atoms with van der Waals surface area (Å²) in [6, 6.07) is 11.3. The van der Waals surface area contributed by atoms with Crippen LogP contribution in [0.5, 0.6) is 5.75 Å². The fraction of sp³-hybridized carbons (Fsp3) is 0.143. The zero-order chi connectivity index (χ0) is 13.1. The standard InChI is InChI=1S/C14H13F2NO/c1-9(10-5-3-2-4-6-10)18-14-12(15)7-11(17)8-13(14)16/h2-9H,17H2,1H3. The van der Waals surface area contributed by atoms with Gasteiger partial charge in [0.2, 0.25) is 0 Å². The molecule has 2 aromatic rings. The van der Waals surface area contributed by atoms with Crippen LogP contribution in [-0.4, -0.2) is 0 Å². The second-order valence-corrected chi connectivity index (χ2v) is 3.98. The first-order chi connectivity index (χ1) is 8.58. The minimum absolute atomic E-state index is 0.0321. The summed E-state index contributed by atoms with van der Waals surface area (Å²) in [5.41, 5.74) is 6.21. The minimum Gasteiger partial charge on any atom is -0.480 e. The number of anilines is 1. The van der Waals surface area contributed by atoms with Crippen molar-refractivity contribution in [3.63, 3.8) is 0 Å². The Bertz CT molecular complexity index is 520. The molecule has 1 unspecified atom stereocenters. The highest BCUT2D eigenvalue weighted by molar-refractivity contribution is 5.44. The van der Waals surface area contributed by atoms with Gasteiger partial charge < -0.3 is 10.5 Å². The van der Waals surface area contributed by atoms with Gasteiger partial charge in [0.05, 0.1) is 0 Å². The molecule has 2 nitrogen and oxygen atoms in total. The molecule has 0 aromatic heterocycles. The summed E-state index contributed by atoms with van der Waals surface area (Å²) in [6.45, 7) is 1.73. The van der Waals surface area contributed by atoms with Gasteiger partial charge in [0, 0.05) is 17.8 Å². The van der Waals surface area contributed by atoms with Gasteiger partial charge in [-0.1, -0.05) is 30.3 Å². The number of halogens is 2. The highest BCUT2D eigenvalue weighted by atomic mass is 19.1. The first-order valence-corrected chi connectivity index (χ1v) is 5.54. The van der Waals surface area contributed by atoms with E-state index in [1.165, 1.54) is 0 Å². The summed E-state index contributed by atoms with van der Waals surface area (Å²) in [7, 11) is 0. The molecule has 18 heavy (non-hydrogen) atoms. The Morgan fingerprint density at radius 1 is 1.06 bits per heavy atom. The average Bonchev–Trinajstić information content (AvgIpc) is 2.34. The van der Waals surface area contributed by atoms with Crippen molar-refractivity contribution in [1.29, 1.82) is 0 Å². The Hall–Kier alpha value is -2.10. The molecule has 0 spiro atoms. The molecule has 0 bridgehead atoms. The molecule has 0 aliphatic carbocycles. The zero-order valence-electron chi connectivity index (χ0n) is 9.86. The van der Waals surface area contributed by atoms with E-state index < -0.39 is 23.5 Å². The molecule has 2 aromatic carbocycles. The summed E-state index contributed by atoms with van der Waals surface area (Å²) in [6.07, 6.45) is -0.446. The summed E-state index contributed by atoms with van der Waals surface area (Å²) in [5.74, 6) is -1.99. The number of ether oxygens (including phenoxy) is 1. The molecular weight excluding hydrogens is 236 g/mol. The highest BCUT2D eigenvalue weighted by Gasteiger charge is 2.15. The maximum absolute atomic E-state index is 13.5. The van der Waals surface area contributed by atoms with E-state index in [9.17, 15) is 8.78 Å². The van der Waals surface area contributed by atoms with E-state index in [4.69, 9.17) is 10.5 Å². The summed E-state index contributed by atoms with van der Waals surface area (Å²) < 4.78 is 32.4. The summed E-state index contributed by atoms with van der Waals surface area (Å²) >= 11 is 0. The van der Waals surface area contributed by atoms with Crippen molar-refractivity contribution in [1.82, 2.24) is 0 Å². The smallest absolute Gasteiger partial charge is 0.191 e. The Morgan fingerprint density at radius 2 is 1.61 bits per heavy atom. The highest BCUT2D eigenvalue weighted by Crippen LogP contribution is 2.28. The molecule has 0 fully saturated rings. The van der Waals surface area contributed by atoms with Crippen LogP contribution in [0.4, 0.5) is 14.5 Å². The number of rotatable bonds is 3. The van der Waals surface area contributed by atoms with E-state index in [0.29, 0.717) is 0 Å². The van der Waals surface area contributed by atoms with Gasteiger partial charge in [0.1, 0.15) is 6.10 Å². The fourth-order valence-electron chi connectivity index (χ4n) is 1.66. The lowest BCUT2D eigenvalue weighted by Crippen LogP contribution is -2.06. The summed E-state index contributed by atoms with van der Waals surface area (Å²) in [4.78, 5) is 0. The third kappa shape index (κ3) is 2.59. The Balaban J connectivity index is 2.25. The number of hydrogen-bond donors (Lipinski definition) is 1. The topological polar surface area (TPSA) is 35.2 Å². The lowest BCUT2D eigenvalue weighted by Gasteiger charge is -2.16. The summed E-state index contributed by atoms with van der Waals surface area (Å²) in [5, 5.41) is 0. The predicted octanol–water partition coefficient (Wildman–Crippen LogP) is 3.69. The molecule has 1 atom stereocenters. The van der Waals surface area contributed by atoms with Crippen molar-refractivity contribution < 1.29 is 13.5 Å². The molecule has 0 aliphatic rings. The van der Waals surface area contributed by atoms with Crippen LogP contribution in [0, 0.1) is 11.6 Å². The second kappa shape index (κ2) is 5.04. The third-order valence-corrected chi connectivity index (χ3v) is 2.58. The van der Waals surface area contributed by atoms with Crippen LogP contribution in [0.25, 0.3) is 0 Å². The van der Waals surface area contributed by atoms with Crippen molar-refractivity contribution >= 4 is 5.69 Å². The van der Waals surface area contributed by atoms with E-state index in [2.05, 4.69) is 0 Å². The molecule has 0 saturated carbocycles. The maximum atomic E-state index is 13.5. The second-order valence-electron chi connectivity index (χ2n) is 3.98. The quantitative estimate of drug-likeness (QED) is 0.842. The van der Waals surface area contributed by atoms with Gasteiger partial charge in [-0.2, -0.15) is 0 Å². The Kier molecular flexibility index (Phi) is 3.46. The monoisotopic (exact) mass is 249 g/mol. The number of nitrogens with two attached hydrogens (primary N) is 1. The third-order valence-electron chi connectivity index (χ3n) is 2.58. The molecule has 94 valence electrons. The fourth-order valence-corrected chi connectivity index (χ4v) is 1.66. The van der Waals surface area contributed by atoms with E-state index >= 15 is 0 Å². The average molecular weight is 249 g/mol. The van der Waals surface area contributed by atoms with Gasteiger partial charge in [-0.05, 0) is 12.5 Å². The normalized spacial score (nSPS) is 12.2. The van der Waals surface area contributed by atoms with Gasteiger partial charge in [0.15, 0.2) is 17.4 Å². The molecule has 0 radical (unpaired) electrons. The number of benzene rings is 2. The Labute approximate surface area is 104 Å². The molecule has 2 rings (SSSR count). The molecule has 0 heterocycles. The SMILES string of the molecule is CC(Oc1c(F)cc(N)cc1F)c1ccccc1. The van der Waals surface area contributed by atoms with Crippen molar-refractivity contribution in [2.75, 3.05) is 5.73 Å². The van der Waals surface area contributed by atoms with Gasteiger partial charge >= 0.3 is 0 Å². The molecule has 2 N–H and O–H groups in total.